The molecule has 1 aliphatic rings. The molecular weight excluding hydrogens is 215 g/mol. The summed E-state index contributed by atoms with van der Waals surface area (Å²) in [7, 11) is 0. The van der Waals surface area contributed by atoms with Crippen molar-refractivity contribution >= 4 is 17.8 Å². The molecule has 1 atom stereocenters. The van der Waals surface area contributed by atoms with E-state index in [1.54, 1.807) is 0 Å². The van der Waals surface area contributed by atoms with Crippen LogP contribution < -0.4 is 5.32 Å². The molecule has 0 aliphatic carbocycles. The summed E-state index contributed by atoms with van der Waals surface area (Å²) in [5, 5.41) is 1.81. The molecule has 0 spiro atoms. The zero-order valence-electron chi connectivity index (χ0n) is 9.54. The summed E-state index contributed by atoms with van der Waals surface area (Å²) in [5.41, 5.74) is -0.299. The van der Waals surface area contributed by atoms with Crippen LogP contribution in [0.15, 0.2) is 0 Å². The van der Waals surface area contributed by atoms with Gasteiger partial charge >= 0.3 is 6.03 Å². The lowest BCUT2D eigenvalue weighted by atomic mass is 9.89. The van der Waals surface area contributed by atoms with Crippen molar-refractivity contribution in [2.24, 2.45) is 5.41 Å². The summed E-state index contributed by atoms with van der Waals surface area (Å²) in [5.74, 6) is -2.25. The van der Waals surface area contributed by atoms with E-state index in [1.165, 1.54) is 0 Å². The largest absolute Gasteiger partial charge is 0.330 e. The highest BCUT2D eigenvalue weighted by atomic mass is 19.1. The molecule has 1 heterocycles. The molecule has 0 aromatic carbocycles. The van der Waals surface area contributed by atoms with Crippen LogP contribution in [0, 0.1) is 5.41 Å². The first-order chi connectivity index (χ1) is 7.28. The number of hydrogen-bond acceptors (Lipinski definition) is 3. The van der Waals surface area contributed by atoms with Crippen molar-refractivity contribution in [3.63, 3.8) is 0 Å². The Bertz CT molecular complexity index is 341. The monoisotopic (exact) mass is 230 g/mol. The van der Waals surface area contributed by atoms with Crippen LogP contribution >= 0.6 is 0 Å². The fourth-order valence-corrected chi connectivity index (χ4v) is 1.27. The quantitative estimate of drug-likeness (QED) is 0.730. The molecule has 0 saturated carbocycles. The van der Waals surface area contributed by atoms with Gasteiger partial charge in [-0.3, -0.25) is 19.8 Å². The third-order valence-electron chi connectivity index (χ3n) is 2.73. The van der Waals surface area contributed by atoms with Gasteiger partial charge in [0.15, 0.2) is 0 Å². The van der Waals surface area contributed by atoms with Gasteiger partial charge in [0.05, 0.1) is 0 Å². The van der Waals surface area contributed by atoms with Crippen LogP contribution in [0.2, 0.25) is 0 Å². The van der Waals surface area contributed by atoms with Crippen molar-refractivity contribution in [3.8, 4) is 0 Å². The number of halogens is 1. The molecule has 1 unspecified atom stereocenters. The van der Waals surface area contributed by atoms with E-state index in [1.807, 2.05) is 26.1 Å². The number of barbiturate groups is 1. The summed E-state index contributed by atoms with van der Waals surface area (Å²) >= 11 is 0. The Morgan fingerprint density at radius 3 is 2.44 bits per heavy atom. The van der Waals surface area contributed by atoms with Crippen LogP contribution in [-0.4, -0.2) is 35.5 Å². The lowest BCUT2D eigenvalue weighted by molar-refractivity contribution is -0.144. The van der Waals surface area contributed by atoms with Gasteiger partial charge in [-0.05, 0) is 11.8 Å². The molecule has 0 radical (unpaired) electrons. The molecule has 1 fully saturated rings. The van der Waals surface area contributed by atoms with Crippen LogP contribution in [0.4, 0.5) is 9.18 Å². The van der Waals surface area contributed by atoms with E-state index < -0.39 is 24.0 Å². The van der Waals surface area contributed by atoms with E-state index in [0.29, 0.717) is 0 Å². The maximum absolute atomic E-state index is 13.1. The summed E-state index contributed by atoms with van der Waals surface area (Å²) in [6.07, 6.45) is -1.54. The van der Waals surface area contributed by atoms with Crippen molar-refractivity contribution in [3.05, 3.63) is 0 Å². The number of carbonyl (C=O) groups is 3. The number of urea groups is 1. The third kappa shape index (κ3) is 2.37. The number of amides is 4. The van der Waals surface area contributed by atoms with Gasteiger partial charge in [0.25, 0.3) is 18.0 Å². The van der Waals surface area contributed by atoms with Crippen LogP contribution in [0.25, 0.3) is 0 Å². The van der Waals surface area contributed by atoms with Crippen molar-refractivity contribution in [1.82, 2.24) is 10.2 Å². The maximum Gasteiger partial charge on any atom is 0.330 e. The molecule has 5 nitrogen and oxygen atoms in total. The summed E-state index contributed by atoms with van der Waals surface area (Å²) in [6, 6.07) is -0.842. The molecule has 90 valence electrons. The van der Waals surface area contributed by atoms with Crippen LogP contribution in [-0.2, 0) is 9.59 Å². The maximum atomic E-state index is 13.1. The second-order valence-electron chi connectivity index (χ2n) is 4.60. The second kappa shape index (κ2) is 4.19. The first kappa shape index (κ1) is 12.6. The molecular formula is C10H15FN2O3. The van der Waals surface area contributed by atoms with Gasteiger partial charge in [-0.15, -0.1) is 0 Å². The van der Waals surface area contributed by atoms with Crippen LogP contribution in [0.5, 0.6) is 0 Å². The Hall–Kier alpha value is -1.46. The van der Waals surface area contributed by atoms with Gasteiger partial charge in [0.2, 0.25) is 0 Å². The Morgan fingerprint density at radius 2 is 1.94 bits per heavy atom. The highest BCUT2D eigenvalue weighted by Gasteiger charge is 2.42. The van der Waals surface area contributed by atoms with E-state index in [-0.39, 0.29) is 12.0 Å². The van der Waals surface area contributed by atoms with E-state index in [4.69, 9.17) is 0 Å². The first-order valence-electron chi connectivity index (χ1n) is 5.09. The third-order valence-corrected chi connectivity index (χ3v) is 2.73. The summed E-state index contributed by atoms with van der Waals surface area (Å²) in [4.78, 5) is 34.4. The fourth-order valence-electron chi connectivity index (χ4n) is 1.27. The molecule has 0 aromatic heterocycles. The minimum atomic E-state index is -2.27. The Morgan fingerprint density at radius 1 is 1.38 bits per heavy atom. The molecule has 4 amide bonds. The predicted octanol–water partition coefficient (Wildman–Crippen LogP) is 0.839. The van der Waals surface area contributed by atoms with E-state index in [9.17, 15) is 18.8 Å². The fraction of sp³-hybridized carbons (Fsp3) is 0.700. The molecule has 1 aliphatic heterocycles. The lowest BCUT2D eigenvalue weighted by Gasteiger charge is -2.33. The molecule has 0 bridgehead atoms. The number of imide groups is 2. The highest BCUT2D eigenvalue weighted by molar-refractivity contribution is 6.18. The average molecular weight is 230 g/mol. The lowest BCUT2D eigenvalue weighted by Crippen LogP contribution is -2.60. The molecule has 6 heteroatoms. The van der Waals surface area contributed by atoms with Crippen LogP contribution in [0.1, 0.15) is 27.2 Å². The minimum absolute atomic E-state index is 0.0991. The van der Waals surface area contributed by atoms with E-state index >= 15 is 0 Å². The smallest absolute Gasteiger partial charge is 0.275 e. The average Bonchev–Trinajstić information content (AvgIpc) is 2.21. The minimum Gasteiger partial charge on any atom is -0.275 e. The summed E-state index contributed by atoms with van der Waals surface area (Å²) in [6.45, 7) is 5.72. The van der Waals surface area contributed by atoms with E-state index in [0.717, 1.165) is 11.3 Å². The number of carbonyl (C=O) groups excluding carboxylic acids is 3. The highest BCUT2D eigenvalue weighted by Crippen LogP contribution is 2.23. The van der Waals surface area contributed by atoms with Gasteiger partial charge in [-0.1, -0.05) is 20.8 Å². The number of alkyl halides is 1. The predicted molar refractivity (Wildman–Crippen MR) is 54.2 cm³/mol. The van der Waals surface area contributed by atoms with Crippen molar-refractivity contribution in [2.45, 2.75) is 33.4 Å². The SMILES string of the molecule is CCC(C)(C)CN1C(=O)NC(=O)C(F)C1=O. The Balaban J connectivity index is 2.84. The topological polar surface area (TPSA) is 66.5 Å². The van der Waals surface area contributed by atoms with Gasteiger partial charge in [-0.2, -0.15) is 0 Å². The number of rotatable bonds is 3. The standard InChI is InChI=1S/C10H15FN2O3/c1-4-10(2,3)5-13-8(15)6(11)7(14)12-9(13)16/h6H,4-5H2,1-3H3,(H,12,14,16). The first-order valence-corrected chi connectivity index (χ1v) is 5.09. The normalized spacial score (nSPS) is 22.4. The van der Waals surface area contributed by atoms with Crippen molar-refractivity contribution in [2.75, 3.05) is 6.54 Å². The number of hydrogen-bond donors (Lipinski definition) is 1. The second-order valence-corrected chi connectivity index (χ2v) is 4.60. The Kier molecular flexibility index (Phi) is 3.30. The molecule has 1 saturated heterocycles. The van der Waals surface area contributed by atoms with Crippen molar-refractivity contribution < 1.29 is 18.8 Å². The Labute approximate surface area is 93.0 Å². The summed E-state index contributed by atoms with van der Waals surface area (Å²) < 4.78 is 13.1. The molecule has 1 rings (SSSR count). The van der Waals surface area contributed by atoms with Gasteiger partial charge < -0.3 is 0 Å². The van der Waals surface area contributed by atoms with Gasteiger partial charge in [-0.25, -0.2) is 9.18 Å². The zero-order chi connectivity index (χ0) is 12.5. The molecule has 0 aromatic rings. The van der Waals surface area contributed by atoms with Crippen LogP contribution in [0.3, 0.4) is 0 Å². The molecule has 16 heavy (non-hydrogen) atoms. The van der Waals surface area contributed by atoms with Gasteiger partial charge in [0.1, 0.15) is 0 Å². The molecule has 1 N–H and O–H groups in total. The number of nitrogens with zero attached hydrogens (tertiary/aromatic N) is 1. The van der Waals surface area contributed by atoms with Crippen molar-refractivity contribution in [1.29, 1.82) is 0 Å². The zero-order valence-corrected chi connectivity index (χ0v) is 9.54. The van der Waals surface area contributed by atoms with E-state index in [2.05, 4.69) is 0 Å². The number of nitrogens with one attached hydrogen (secondary N) is 1. The van der Waals surface area contributed by atoms with Gasteiger partial charge in [0, 0.05) is 6.54 Å².